The lowest BCUT2D eigenvalue weighted by Crippen LogP contribution is -2.67. The number of imidazole rings is 1. The van der Waals surface area contributed by atoms with Crippen molar-refractivity contribution in [3.63, 3.8) is 0 Å². The number of piperidine rings is 1. The fourth-order valence-corrected chi connectivity index (χ4v) is 12.7. The summed E-state index contributed by atoms with van der Waals surface area (Å²) in [6.45, 7) is 12.4. The van der Waals surface area contributed by atoms with Gasteiger partial charge in [-0.05, 0) is 144 Å². The molecule has 5 aromatic heterocycles. The number of aromatic amines is 1. The molecule has 8 heterocycles. The van der Waals surface area contributed by atoms with Crippen LogP contribution in [0.1, 0.15) is 122 Å². The van der Waals surface area contributed by atoms with Crippen LogP contribution < -0.4 is 11.4 Å². The number of rotatable bonds is 8. The lowest BCUT2D eigenvalue weighted by atomic mass is 9.81. The first-order valence-electron chi connectivity index (χ1n) is 24.7. The summed E-state index contributed by atoms with van der Waals surface area (Å²) >= 11 is 0. The van der Waals surface area contributed by atoms with Gasteiger partial charge in [0.25, 0.3) is 5.91 Å². The normalized spacial score (nSPS) is 23.9. The predicted octanol–water partition coefficient (Wildman–Crippen LogP) is 7.78. The lowest BCUT2D eigenvalue weighted by Gasteiger charge is -2.56. The van der Waals surface area contributed by atoms with Crippen molar-refractivity contribution in [3.8, 4) is 17.2 Å². The maximum Gasteiger partial charge on any atom is 0.438 e. The molecule has 12 rings (SSSR count). The van der Waals surface area contributed by atoms with Gasteiger partial charge in [-0.25, -0.2) is 23.1 Å². The number of nitrogens with zero attached hydrogens (tertiary/aromatic N) is 10. The molecule has 5 atom stereocenters. The van der Waals surface area contributed by atoms with Crippen molar-refractivity contribution in [2.24, 2.45) is 13.0 Å². The number of amides is 2. The van der Waals surface area contributed by atoms with Crippen LogP contribution >= 0.6 is 0 Å². The van der Waals surface area contributed by atoms with Crippen LogP contribution in [0.15, 0.2) is 81.2 Å². The SMILES string of the molecule is Cc1cc(-n2nc3c(c2-n2ccn(-c4ccc5c(cnn5C)c4F)c2=O)[C@H](C)N(C(=O)c2cc4cc([C@H]5CCOC(C)(C)C5)ccc4n2[C@@]2(c4noc(=O)[nH]4)C[C@@H]2C)C2(CCCCN2C=O)C3)cc(C)c1F. The Hall–Kier alpha value is -7.41. The van der Waals surface area contributed by atoms with E-state index in [1.54, 1.807) is 64.5 Å². The summed E-state index contributed by atoms with van der Waals surface area (Å²) in [5.41, 5.74) is 1.88. The number of halogens is 2. The minimum atomic E-state index is -1.22. The first kappa shape index (κ1) is 45.7. The average Bonchev–Trinajstić information content (AvgIpc) is 3.98. The molecule has 4 aliphatic rings. The summed E-state index contributed by atoms with van der Waals surface area (Å²) in [6.07, 6.45) is 9.39. The largest absolute Gasteiger partial charge is 0.438 e. The minimum absolute atomic E-state index is 0.00787. The van der Waals surface area contributed by atoms with E-state index in [2.05, 4.69) is 41.2 Å². The highest BCUT2D eigenvalue weighted by Crippen LogP contribution is 2.57. The van der Waals surface area contributed by atoms with Gasteiger partial charge in [0, 0.05) is 55.5 Å². The molecule has 1 unspecified atom stereocenters. The van der Waals surface area contributed by atoms with Crippen LogP contribution in [0, 0.1) is 31.4 Å². The maximum absolute atomic E-state index is 16.5. The fraction of sp³-hybridized carbons (Fsp3) is 0.415. The Morgan fingerprint density at radius 3 is 2.40 bits per heavy atom. The van der Waals surface area contributed by atoms with Crippen molar-refractivity contribution >= 4 is 34.1 Å². The highest BCUT2D eigenvalue weighted by molar-refractivity contribution is 6.00. The monoisotopic (exact) mass is 979 g/mol. The highest BCUT2D eigenvalue weighted by Gasteiger charge is 2.60. The van der Waals surface area contributed by atoms with Gasteiger partial charge in [0.1, 0.15) is 28.5 Å². The molecule has 19 heteroatoms. The lowest BCUT2D eigenvalue weighted by molar-refractivity contribution is -0.140. The van der Waals surface area contributed by atoms with Gasteiger partial charge < -0.3 is 19.1 Å². The Morgan fingerprint density at radius 2 is 1.69 bits per heavy atom. The van der Waals surface area contributed by atoms with E-state index in [1.165, 1.54) is 27.6 Å². The molecule has 1 saturated carbocycles. The molecule has 0 bridgehead atoms. The van der Waals surface area contributed by atoms with Crippen molar-refractivity contribution in [1.29, 1.82) is 0 Å². The fourth-order valence-electron chi connectivity index (χ4n) is 12.7. The van der Waals surface area contributed by atoms with E-state index in [0.29, 0.717) is 83.9 Å². The summed E-state index contributed by atoms with van der Waals surface area (Å²) in [7, 11) is 1.71. The predicted molar refractivity (Wildman–Crippen MR) is 262 cm³/mol. The smallest absolute Gasteiger partial charge is 0.376 e. The Bertz CT molecular complexity index is 3660. The molecule has 3 aromatic carbocycles. The molecule has 1 aliphatic carbocycles. The zero-order valence-corrected chi connectivity index (χ0v) is 41.2. The number of hydrogen-bond donors (Lipinski definition) is 1. The van der Waals surface area contributed by atoms with E-state index in [4.69, 9.17) is 14.4 Å². The third-order valence-electron chi connectivity index (χ3n) is 16.3. The van der Waals surface area contributed by atoms with Gasteiger partial charge in [-0.1, -0.05) is 18.1 Å². The maximum atomic E-state index is 16.5. The standard InChI is InChI=1S/C53H55F2N11O6/c1-29-20-36(21-30(2)44(29)54)66-46(63-18-17-62(50(63)70)41-13-12-40-37(45(41)55)27-56-60(40)7)43-32(4)64(52(26-38(43)58-66)15-8-9-16-61(52)28-67)47(68)42-23-35-22-33(34-14-19-71-51(5,6)25-34)10-11-39(35)65(42)53(24-31(53)3)48-57-49(69)72-59-48/h10-13,17-18,20-23,27-28,31-32,34H,8-9,14-16,19,24-26H2,1-7H3,(H,57,59,69)/t31-,32-,34-,52?,53-/m0/s1. The summed E-state index contributed by atoms with van der Waals surface area (Å²) in [6, 6.07) is 13.9. The van der Waals surface area contributed by atoms with Gasteiger partial charge in [0.05, 0.1) is 45.8 Å². The quantitative estimate of drug-likeness (QED) is 0.149. The molecule has 1 N–H and O–H groups in total. The summed E-state index contributed by atoms with van der Waals surface area (Å²) in [5, 5.41) is 14.7. The summed E-state index contributed by atoms with van der Waals surface area (Å²) in [4.78, 5) is 64.0. The van der Waals surface area contributed by atoms with Crippen molar-refractivity contribution in [3.05, 3.63) is 139 Å². The topological polar surface area (TPSA) is 176 Å². The van der Waals surface area contributed by atoms with E-state index in [-0.39, 0.29) is 52.5 Å². The number of benzene rings is 3. The van der Waals surface area contributed by atoms with Gasteiger partial charge in [-0.3, -0.25) is 32.9 Å². The Balaban J connectivity index is 1.08. The molecule has 8 aromatic rings. The van der Waals surface area contributed by atoms with E-state index in [1.807, 2.05) is 30.5 Å². The zero-order chi connectivity index (χ0) is 50.3. The minimum Gasteiger partial charge on any atom is -0.376 e. The van der Waals surface area contributed by atoms with E-state index >= 15 is 18.4 Å². The Morgan fingerprint density at radius 1 is 0.944 bits per heavy atom. The summed E-state index contributed by atoms with van der Waals surface area (Å²) < 4.78 is 50.7. The van der Waals surface area contributed by atoms with E-state index < -0.39 is 34.5 Å². The summed E-state index contributed by atoms with van der Waals surface area (Å²) in [5.74, 6) is -1.41. The number of hydrogen-bond acceptors (Lipinski definition) is 9. The van der Waals surface area contributed by atoms with Crippen LogP contribution in [0.5, 0.6) is 0 Å². The molecule has 1 spiro atoms. The van der Waals surface area contributed by atoms with Gasteiger partial charge in [0.2, 0.25) is 6.41 Å². The second-order valence-electron chi connectivity index (χ2n) is 21.1. The third-order valence-corrected chi connectivity index (χ3v) is 16.3. The van der Waals surface area contributed by atoms with Gasteiger partial charge in [-0.2, -0.15) is 10.2 Å². The van der Waals surface area contributed by atoms with Gasteiger partial charge in [-0.15, -0.1) is 0 Å². The van der Waals surface area contributed by atoms with Gasteiger partial charge >= 0.3 is 11.4 Å². The number of H-pyrrole nitrogens is 1. The number of fused-ring (bicyclic) bond motifs is 3. The second-order valence-corrected chi connectivity index (χ2v) is 21.1. The molecular weight excluding hydrogens is 925 g/mol. The molecule has 72 heavy (non-hydrogen) atoms. The average molecular weight is 980 g/mol. The zero-order valence-electron chi connectivity index (χ0n) is 41.2. The second kappa shape index (κ2) is 16.0. The number of aromatic nitrogens is 9. The van der Waals surface area contributed by atoms with Crippen molar-refractivity contribution < 1.29 is 27.6 Å². The van der Waals surface area contributed by atoms with Crippen LogP contribution in [0.2, 0.25) is 0 Å². The van der Waals surface area contributed by atoms with Crippen LogP contribution in [0.3, 0.4) is 0 Å². The van der Waals surface area contributed by atoms with Crippen LogP contribution in [-0.4, -0.2) is 89.9 Å². The first-order valence-corrected chi connectivity index (χ1v) is 24.7. The third kappa shape index (κ3) is 6.61. The molecule has 3 aliphatic heterocycles. The van der Waals surface area contributed by atoms with Crippen LogP contribution in [0.25, 0.3) is 39.0 Å². The van der Waals surface area contributed by atoms with Crippen molar-refractivity contribution in [1.82, 2.24) is 53.2 Å². The number of likely N-dealkylation sites (tertiary alicyclic amines) is 1. The first-order chi connectivity index (χ1) is 34.5. The van der Waals surface area contributed by atoms with Crippen molar-refractivity contribution in [2.75, 3.05) is 13.2 Å². The van der Waals surface area contributed by atoms with Crippen molar-refractivity contribution in [2.45, 2.75) is 115 Å². The highest BCUT2D eigenvalue weighted by atomic mass is 19.1. The molecule has 3 fully saturated rings. The van der Waals surface area contributed by atoms with Gasteiger partial charge in [0.15, 0.2) is 11.6 Å². The number of nitrogens with one attached hydrogen (secondary N) is 1. The molecule has 2 saturated heterocycles. The Labute approximate surface area is 411 Å². The van der Waals surface area contributed by atoms with E-state index in [9.17, 15) is 9.59 Å². The Kier molecular flexibility index (Phi) is 10.2. The number of carbonyl (C=O) groups is 2. The van der Waals surface area contributed by atoms with Crippen LogP contribution in [0.4, 0.5) is 8.78 Å². The molecule has 0 radical (unpaired) electrons. The number of aryl methyl sites for hydroxylation is 3. The van der Waals surface area contributed by atoms with Crippen LogP contribution in [-0.2, 0) is 28.5 Å². The molecule has 17 nitrogen and oxygen atoms in total. The molecule has 2 amide bonds. The number of ether oxygens (including phenoxy) is 1. The molecular formula is C53H55F2N11O6. The molecule has 372 valence electrons. The van der Waals surface area contributed by atoms with E-state index in [0.717, 1.165) is 35.7 Å². The number of carbonyl (C=O) groups excluding carboxylic acids is 2.